The summed E-state index contributed by atoms with van der Waals surface area (Å²) in [6.07, 6.45) is 1.67. The van der Waals surface area contributed by atoms with Crippen molar-refractivity contribution < 1.29 is 18.7 Å². The number of nitrogens with one attached hydrogen (secondary N) is 2. The zero-order chi connectivity index (χ0) is 19.4. The number of pyridine rings is 1. The molecule has 142 valence electrons. The topological polar surface area (TPSA) is 83.6 Å². The number of fused-ring (bicyclic) bond motifs is 1. The van der Waals surface area contributed by atoms with E-state index in [1.807, 2.05) is 18.7 Å². The molecular weight excluding hydrogens is 351 g/mol. The molecule has 3 rings (SSSR count). The molecule has 1 aliphatic rings. The van der Waals surface area contributed by atoms with Crippen LogP contribution in [0.5, 0.6) is 5.88 Å². The van der Waals surface area contributed by atoms with Gasteiger partial charge in [0.25, 0.3) is 5.91 Å². The number of anilines is 2. The standard InChI is InChI=1S/C19H21FN4O3/c1-12(2)24(10-17(25)22-15-5-3-14(20)4-6-15)9-13-7-16-19(21-8-13)27-11-18(26)23-16/h3-8,12H,9-11H2,1-2H3,(H,22,25)(H,23,26). The van der Waals surface area contributed by atoms with Crippen LogP contribution in [0.4, 0.5) is 15.8 Å². The average molecular weight is 372 g/mol. The second kappa shape index (κ2) is 8.13. The molecule has 7 nitrogen and oxygen atoms in total. The molecule has 0 atom stereocenters. The van der Waals surface area contributed by atoms with Crippen molar-refractivity contribution >= 4 is 23.2 Å². The van der Waals surface area contributed by atoms with Crippen LogP contribution in [-0.4, -0.2) is 40.9 Å². The molecule has 1 aromatic heterocycles. The Morgan fingerprint density at radius 3 is 2.81 bits per heavy atom. The maximum atomic E-state index is 13.0. The zero-order valence-electron chi connectivity index (χ0n) is 15.2. The Hall–Kier alpha value is -3.00. The van der Waals surface area contributed by atoms with Gasteiger partial charge in [-0.3, -0.25) is 14.5 Å². The number of benzene rings is 1. The van der Waals surface area contributed by atoms with E-state index in [0.717, 1.165) is 5.56 Å². The van der Waals surface area contributed by atoms with E-state index in [2.05, 4.69) is 15.6 Å². The normalized spacial score (nSPS) is 13.1. The first-order valence-electron chi connectivity index (χ1n) is 8.62. The molecule has 1 aromatic carbocycles. The molecule has 0 radical (unpaired) electrons. The van der Waals surface area contributed by atoms with Crippen LogP contribution in [0.25, 0.3) is 0 Å². The van der Waals surface area contributed by atoms with Crippen molar-refractivity contribution in [3.63, 3.8) is 0 Å². The van der Waals surface area contributed by atoms with Crippen LogP contribution in [0.15, 0.2) is 36.5 Å². The fourth-order valence-electron chi connectivity index (χ4n) is 2.68. The number of hydrogen-bond acceptors (Lipinski definition) is 5. The molecule has 0 fully saturated rings. The lowest BCUT2D eigenvalue weighted by atomic mass is 10.2. The molecule has 27 heavy (non-hydrogen) atoms. The van der Waals surface area contributed by atoms with Crippen molar-refractivity contribution in [1.29, 1.82) is 0 Å². The molecular formula is C19H21FN4O3. The van der Waals surface area contributed by atoms with E-state index in [4.69, 9.17) is 4.74 Å². The number of carbonyl (C=O) groups excluding carboxylic acids is 2. The number of ether oxygens (including phenoxy) is 1. The number of carbonyl (C=O) groups is 2. The first-order valence-corrected chi connectivity index (χ1v) is 8.62. The molecule has 0 saturated carbocycles. The number of hydrogen-bond donors (Lipinski definition) is 2. The summed E-state index contributed by atoms with van der Waals surface area (Å²) in [5, 5.41) is 5.48. The van der Waals surface area contributed by atoms with Gasteiger partial charge in [0, 0.05) is 24.5 Å². The van der Waals surface area contributed by atoms with E-state index in [1.54, 1.807) is 12.3 Å². The first-order chi connectivity index (χ1) is 12.9. The summed E-state index contributed by atoms with van der Waals surface area (Å²) in [5.41, 5.74) is 1.92. The van der Waals surface area contributed by atoms with E-state index >= 15 is 0 Å². The number of rotatable bonds is 6. The summed E-state index contributed by atoms with van der Waals surface area (Å²) in [6, 6.07) is 7.53. The van der Waals surface area contributed by atoms with Crippen LogP contribution in [0.3, 0.4) is 0 Å². The minimum Gasteiger partial charge on any atom is -0.466 e. The Bertz CT molecular complexity index is 839. The third-order valence-electron chi connectivity index (χ3n) is 4.11. The van der Waals surface area contributed by atoms with Crippen molar-refractivity contribution in [3.8, 4) is 5.88 Å². The Morgan fingerprint density at radius 1 is 1.37 bits per heavy atom. The molecule has 1 aliphatic heterocycles. The van der Waals surface area contributed by atoms with Gasteiger partial charge in [-0.1, -0.05) is 0 Å². The molecule has 0 bridgehead atoms. The summed E-state index contributed by atoms with van der Waals surface area (Å²) >= 11 is 0. The Balaban J connectivity index is 1.65. The molecule has 2 N–H and O–H groups in total. The fourth-order valence-corrected chi connectivity index (χ4v) is 2.68. The van der Waals surface area contributed by atoms with Crippen LogP contribution < -0.4 is 15.4 Å². The summed E-state index contributed by atoms with van der Waals surface area (Å²) < 4.78 is 18.2. The van der Waals surface area contributed by atoms with Crippen LogP contribution in [0, 0.1) is 5.82 Å². The minimum absolute atomic E-state index is 0.0407. The molecule has 2 heterocycles. The average Bonchev–Trinajstić information content (AvgIpc) is 2.62. The molecule has 0 aliphatic carbocycles. The lowest BCUT2D eigenvalue weighted by Crippen LogP contribution is -2.37. The molecule has 2 aromatic rings. The van der Waals surface area contributed by atoms with Gasteiger partial charge >= 0.3 is 0 Å². The number of halogens is 1. The van der Waals surface area contributed by atoms with Crippen molar-refractivity contribution in [2.45, 2.75) is 26.4 Å². The van der Waals surface area contributed by atoms with E-state index < -0.39 is 0 Å². The van der Waals surface area contributed by atoms with Gasteiger partial charge in [-0.25, -0.2) is 9.37 Å². The third kappa shape index (κ3) is 5.01. The SMILES string of the molecule is CC(C)N(CC(=O)Nc1ccc(F)cc1)Cc1cnc2c(c1)NC(=O)CO2. The van der Waals surface area contributed by atoms with Gasteiger partial charge in [-0.2, -0.15) is 0 Å². The van der Waals surface area contributed by atoms with Gasteiger partial charge in [0.1, 0.15) is 11.5 Å². The van der Waals surface area contributed by atoms with Crippen LogP contribution >= 0.6 is 0 Å². The highest BCUT2D eigenvalue weighted by Crippen LogP contribution is 2.26. The smallest absolute Gasteiger partial charge is 0.262 e. The maximum absolute atomic E-state index is 13.0. The van der Waals surface area contributed by atoms with Crippen molar-refractivity contribution in [1.82, 2.24) is 9.88 Å². The van der Waals surface area contributed by atoms with E-state index in [0.29, 0.717) is 23.8 Å². The lowest BCUT2D eigenvalue weighted by molar-refractivity contribution is -0.119. The van der Waals surface area contributed by atoms with Crippen LogP contribution in [0.1, 0.15) is 19.4 Å². The summed E-state index contributed by atoms with van der Waals surface area (Å²) in [5.74, 6) is -0.380. The van der Waals surface area contributed by atoms with E-state index in [9.17, 15) is 14.0 Å². The van der Waals surface area contributed by atoms with Crippen molar-refractivity contribution in [2.24, 2.45) is 0 Å². The Kier molecular flexibility index (Phi) is 5.66. The highest BCUT2D eigenvalue weighted by atomic mass is 19.1. The van der Waals surface area contributed by atoms with Gasteiger partial charge in [0.15, 0.2) is 6.61 Å². The molecule has 0 unspecified atom stereocenters. The number of aromatic nitrogens is 1. The summed E-state index contributed by atoms with van der Waals surface area (Å²) in [7, 11) is 0. The van der Waals surface area contributed by atoms with E-state index in [1.165, 1.54) is 24.3 Å². The first kappa shape index (κ1) is 18.8. The number of nitrogens with zero attached hydrogens (tertiary/aromatic N) is 2. The Morgan fingerprint density at radius 2 is 2.11 bits per heavy atom. The monoisotopic (exact) mass is 372 g/mol. The van der Waals surface area contributed by atoms with Gasteiger partial charge < -0.3 is 15.4 Å². The molecule has 0 saturated heterocycles. The van der Waals surface area contributed by atoms with Crippen LogP contribution in [-0.2, 0) is 16.1 Å². The molecule has 2 amide bonds. The quantitative estimate of drug-likeness (QED) is 0.814. The summed E-state index contributed by atoms with van der Waals surface area (Å²) in [4.78, 5) is 30.0. The lowest BCUT2D eigenvalue weighted by Gasteiger charge is -2.26. The predicted molar refractivity (Wildman–Crippen MR) is 98.9 cm³/mol. The summed E-state index contributed by atoms with van der Waals surface area (Å²) in [6.45, 7) is 4.57. The highest BCUT2D eigenvalue weighted by molar-refractivity contribution is 5.95. The fraction of sp³-hybridized carbons (Fsp3) is 0.316. The van der Waals surface area contributed by atoms with Gasteiger partial charge in [0.05, 0.1) is 6.54 Å². The van der Waals surface area contributed by atoms with Gasteiger partial charge in [-0.15, -0.1) is 0 Å². The third-order valence-corrected chi connectivity index (χ3v) is 4.11. The second-order valence-electron chi connectivity index (χ2n) is 6.59. The molecule has 0 spiro atoms. The molecule has 8 heteroatoms. The van der Waals surface area contributed by atoms with Gasteiger partial charge in [0.2, 0.25) is 11.8 Å². The van der Waals surface area contributed by atoms with Gasteiger partial charge in [-0.05, 0) is 49.7 Å². The van der Waals surface area contributed by atoms with Crippen molar-refractivity contribution in [2.75, 3.05) is 23.8 Å². The maximum Gasteiger partial charge on any atom is 0.262 e. The number of amides is 2. The largest absolute Gasteiger partial charge is 0.466 e. The van der Waals surface area contributed by atoms with E-state index in [-0.39, 0.29) is 36.8 Å². The van der Waals surface area contributed by atoms with Crippen LogP contribution in [0.2, 0.25) is 0 Å². The Labute approximate surface area is 156 Å². The zero-order valence-corrected chi connectivity index (χ0v) is 15.2. The van der Waals surface area contributed by atoms with Crippen molar-refractivity contribution in [3.05, 3.63) is 47.9 Å². The minimum atomic E-state index is -0.354. The predicted octanol–water partition coefficient (Wildman–Crippen LogP) is 2.40. The highest BCUT2D eigenvalue weighted by Gasteiger charge is 2.20. The second-order valence-corrected chi connectivity index (χ2v) is 6.59.